The third kappa shape index (κ3) is 6.70. The lowest BCUT2D eigenvalue weighted by atomic mass is 10.2. The summed E-state index contributed by atoms with van der Waals surface area (Å²) in [4.78, 5) is 25.0. The van der Waals surface area contributed by atoms with Crippen LogP contribution in [0, 0.1) is 0 Å². The molecule has 0 aliphatic heterocycles. The van der Waals surface area contributed by atoms with E-state index in [-0.39, 0.29) is 24.2 Å². The molecule has 1 aromatic heterocycles. The van der Waals surface area contributed by atoms with Crippen molar-refractivity contribution in [3.63, 3.8) is 0 Å². The Balaban J connectivity index is 0.00000288. The van der Waals surface area contributed by atoms with E-state index in [0.717, 1.165) is 17.8 Å². The fourth-order valence-electron chi connectivity index (χ4n) is 2.11. The van der Waals surface area contributed by atoms with Gasteiger partial charge in [-0.2, -0.15) is 0 Å². The summed E-state index contributed by atoms with van der Waals surface area (Å²) in [5.74, 6) is -0.149. The Morgan fingerprint density at radius 2 is 1.67 bits per heavy atom. The first-order valence-corrected chi connectivity index (χ1v) is 8.42. The van der Waals surface area contributed by atoms with E-state index >= 15 is 0 Å². The molecule has 5 nitrogen and oxygen atoms in total. The van der Waals surface area contributed by atoms with Crippen LogP contribution in [0.4, 0.5) is 11.4 Å². The third-order valence-corrected chi connectivity index (χ3v) is 4.10. The first kappa shape index (κ1) is 20.2. The molecule has 0 radical (unpaired) electrons. The molecule has 2 amide bonds. The molecule has 0 saturated carbocycles. The van der Waals surface area contributed by atoms with Crippen LogP contribution in [0.3, 0.4) is 0 Å². The molecule has 0 aliphatic rings. The Morgan fingerprint density at radius 3 is 2.25 bits per heavy atom. The first-order valence-electron chi connectivity index (χ1n) is 7.54. The van der Waals surface area contributed by atoms with Crippen LogP contribution in [0.25, 0.3) is 0 Å². The number of benzene rings is 1. The Labute approximate surface area is 152 Å². The van der Waals surface area contributed by atoms with Gasteiger partial charge in [0.25, 0.3) is 0 Å². The number of para-hydroxylation sites is 2. The van der Waals surface area contributed by atoms with Crippen LogP contribution in [0.2, 0.25) is 0 Å². The van der Waals surface area contributed by atoms with Gasteiger partial charge in [-0.3, -0.25) is 9.59 Å². The van der Waals surface area contributed by atoms with E-state index in [1.165, 1.54) is 0 Å². The number of hydrogen-bond donors (Lipinski definition) is 3. The third-order valence-electron chi connectivity index (χ3n) is 3.22. The van der Waals surface area contributed by atoms with E-state index in [0.29, 0.717) is 24.2 Å². The first-order chi connectivity index (χ1) is 11.2. The van der Waals surface area contributed by atoms with Gasteiger partial charge in [-0.1, -0.05) is 18.2 Å². The second-order valence-corrected chi connectivity index (χ2v) is 6.14. The Morgan fingerprint density at radius 1 is 1.00 bits per heavy atom. The number of carbonyl (C=O) groups is 2. The molecule has 2 aromatic rings. The molecule has 0 fully saturated rings. The predicted octanol–water partition coefficient (Wildman–Crippen LogP) is 3.29. The number of nitrogens with one attached hydrogen (secondary N) is 3. The molecule has 7 heteroatoms. The maximum atomic E-state index is 12.1. The van der Waals surface area contributed by atoms with E-state index < -0.39 is 0 Å². The zero-order valence-corrected chi connectivity index (χ0v) is 15.1. The number of carbonyl (C=O) groups excluding carboxylic acids is 2. The van der Waals surface area contributed by atoms with Crippen molar-refractivity contribution >= 4 is 46.9 Å². The van der Waals surface area contributed by atoms with Gasteiger partial charge < -0.3 is 16.0 Å². The van der Waals surface area contributed by atoms with Crippen LogP contribution in [0.5, 0.6) is 0 Å². The topological polar surface area (TPSA) is 70.2 Å². The maximum Gasteiger partial charge on any atom is 0.229 e. The molecular weight excluding hydrogens is 346 g/mol. The second kappa shape index (κ2) is 10.8. The number of anilines is 2. The fraction of sp³-hybridized carbons (Fsp3) is 0.294. The summed E-state index contributed by atoms with van der Waals surface area (Å²) in [5.41, 5.74) is 1.25. The van der Waals surface area contributed by atoms with Gasteiger partial charge in [-0.25, -0.2) is 0 Å². The highest BCUT2D eigenvalue weighted by Gasteiger charge is 2.10. The Bertz CT molecular complexity index is 647. The highest BCUT2D eigenvalue weighted by molar-refractivity contribution is 7.10. The summed E-state index contributed by atoms with van der Waals surface area (Å²) in [5, 5.41) is 10.7. The average molecular weight is 368 g/mol. The van der Waals surface area contributed by atoms with Crippen molar-refractivity contribution in [2.24, 2.45) is 0 Å². The van der Waals surface area contributed by atoms with Crippen LogP contribution in [0.1, 0.15) is 17.7 Å². The highest BCUT2D eigenvalue weighted by Crippen LogP contribution is 2.22. The lowest BCUT2D eigenvalue weighted by molar-refractivity contribution is -0.117. The van der Waals surface area contributed by atoms with E-state index in [1.54, 1.807) is 23.5 Å². The van der Waals surface area contributed by atoms with E-state index in [1.807, 2.05) is 36.7 Å². The minimum absolute atomic E-state index is 0. The number of thiophene rings is 1. The Kier molecular flexibility index (Phi) is 9.07. The van der Waals surface area contributed by atoms with Crippen molar-refractivity contribution in [3.8, 4) is 0 Å². The Hall–Kier alpha value is -1.89. The molecule has 0 atom stereocenters. The molecular formula is C17H22ClN3O2S. The van der Waals surface area contributed by atoms with Crippen molar-refractivity contribution in [3.05, 3.63) is 46.7 Å². The SMILES string of the molecule is CNCCCC(=O)Nc1ccccc1NC(=O)Cc1cccs1.Cl. The lowest BCUT2D eigenvalue weighted by Crippen LogP contribution is -2.18. The van der Waals surface area contributed by atoms with Gasteiger partial charge in [0.1, 0.15) is 0 Å². The minimum Gasteiger partial charge on any atom is -0.324 e. The van der Waals surface area contributed by atoms with Crippen molar-refractivity contribution in [1.82, 2.24) is 5.32 Å². The predicted molar refractivity (Wildman–Crippen MR) is 102 cm³/mol. The lowest BCUT2D eigenvalue weighted by Gasteiger charge is -2.12. The zero-order chi connectivity index (χ0) is 16.5. The maximum absolute atomic E-state index is 12.1. The smallest absolute Gasteiger partial charge is 0.229 e. The number of hydrogen-bond acceptors (Lipinski definition) is 4. The summed E-state index contributed by atoms with van der Waals surface area (Å²) in [6, 6.07) is 11.1. The number of rotatable bonds is 8. The van der Waals surface area contributed by atoms with Gasteiger partial charge in [-0.05, 0) is 43.6 Å². The molecule has 1 heterocycles. The molecule has 0 bridgehead atoms. The molecule has 2 rings (SSSR count). The molecule has 0 spiro atoms. The average Bonchev–Trinajstić information content (AvgIpc) is 3.02. The molecule has 0 unspecified atom stereocenters. The summed E-state index contributed by atoms with van der Waals surface area (Å²) < 4.78 is 0. The summed E-state index contributed by atoms with van der Waals surface area (Å²) in [6.45, 7) is 0.798. The molecule has 24 heavy (non-hydrogen) atoms. The molecule has 0 aliphatic carbocycles. The van der Waals surface area contributed by atoms with E-state index in [4.69, 9.17) is 0 Å². The van der Waals surface area contributed by atoms with Crippen molar-refractivity contribution in [2.75, 3.05) is 24.2 Å². The summed E-state index contributed by atoms with van der Waals surface area (Å²) in [6.07, 6.45) is 1.55. The van der Waals surface area contributed by atoms with Crippen LogP contribution in [-0.2, 0) is 16.0 Å². The van der Waals surface area contributed by atoms with Crippen molar-refractivity contribution < 1.29 is 9.59 Å². The second-order valence-electron chi connectivity index (χ2n) is 5.11. The van der Waals surface area contributed by atoms with Crippen LogP contribution < -0.4 is 16.0 Å². The molecule has 3 N–H and O–H groups in total. The van der Waals surface area contributed by atoms with Gasteiger partial charge in [0, 0.05) is 11.3 Å². The van der Waals surface area contributed by atoms with Crippen LogP contribution in [0.15, 0.2) is 41.8 Å². The van der Waals surface area contributed by atoms with Crippen molar-refractivity contribution in [2.45, 2.75) is 19.3 Å². The summed E-state index contributed by atoms with van der Waals surface area (Å²) in [7, 11) is 1.86. The standard InChI is InChI=1S/C17H21N3O2S.ClH/c1-18-10-4-9-16(21)19-14-7-2-3-8-15(14)20-17(22)12-13-6-5-11-23-13;/h2-3,5-8,11,18H,4,9-10,12H2,1H3,(H,19,21)(H,20,22);1H. The largest absolute Gasteiger partial charge is 0.324 e. The van der Waals surface area contributed by atoms with E-state index in [9.17, 15) is 9.59 Å². The van der Waals surface area contributed by atoms with Gasteiger partial charge in [0.15, 0.2) is 0 Å². The zero-order valence-electron chi connectivity index (χ0n) is 13.5. The van der Waals surface area contributed by atoms with Gasteiger partial charge in [0.05, 0.1) is 17.8 Å². The van der Waals surface area contributed by atoms with Crippen LogP contribution >= 0.6 is 23.7 Å². The molecule has 1 aromatic carbocycles. The normalized spacial score (nSPS) is 9.88. The minimum atomic E-state index is -0.0932. The molecule has 0 saturated heterocycles. The van der Waals surface area contributed by atoms with Gasteiger partial charge in [0.2, 0.25) is 11.8 Å². The number of amides is 2. The highest BCUT2D eigenvalue weighted by atomic mass is 35.5. The fourth-order valence-corrected chi connectivity index (χ4v) is 2.81. The quantitative estimate of drug-likeness (QED) is 0.627. The molecule has 130 valence electrons. The van der Waals surface area contributed by atoms with Gasteiger partial charge >= 0.3 is 0 Å². The van der Waals surface area contributed by atoms with Crippen LogP contribution in [-0.4, -0.2) is 25.4 Å². The van der Waals surface area contributed by atoms with E-state index in [2.05, 4.69) is 16.0 Å². The monoisotopic (exact) mass is 367 g/mol. The number of halogens is 1. The van der Waals surface area contributed by atoms with Crippen molar-refractivity contribution in [1.29, 1.82) is 0 Å². The van der Waals surface area contributed by atoms with Gasteiger partial charge in [-0.15, -0.1) is 23.7 Å². The summed E-state index contributed by atoms with van der Waals surface area (Å²) >= 11 is 1.55.